The summed E-state index contributed by atoms with van der Waals surface area (Å²) in [7, 11) is 0. The molecule has 1 saturated carbocycles. The van der Waals surface area contributed by atoms with Crippen molar-refractivity contribution in [1.29, 1.82) is 0 Å². The Morgan fingerprint density at radius 3 is 1.48 bits per heavy atom. The van der Waals surface area contributed by atoms with Gasteiger partial charge in [-0.05, 0) is 118 Å². The van der Waals surface area contributed by atoms with E-state index in [1.54, 1.807) is 0 Å². The molecule has 3 nitrogen and oxygen atoms in total. The Morgan fingerprint density at radius 1 is 0.482 bits per heavy atom. The molecule has 0 bridgehead atoms. The van der Waals surface area contributed by atoms with Gasteiger partial charge in [0.05, 0.1) is 5.54 Å². The van der Waals surface area contributed by atoms with Crippen LogP contribution in [0.4, 0.5) is 45.5 Å². The lowest BCUT2D eigenvalue weighted by molar-refractivity contribution is -0.0415. The fourth-order valence-electron chi connectivity index (χ4n) is 11.6. The van der Waals surface area contributed by atoms with Crippen molar-refractivity contribution in [3.63, 3.8) is 0 Å². The molecule has 0 saturated heterocycles. The highest BCUT2D eigenvalue weighted by Gasteiger charge is 2.70. The molecule has 2 atom stereocenters. The number of hydrogen-bond acceptors (Lipinski definition) is 3. The average Bonchev–Trinajstić information content (AvgIpc) is 3.42. The van der Waals surface area contributed by atoms with Crippen LogP contribution in [0.5, 0.6) is 0 Å². The van der Waals surface area contributed by atoms with Gasteiger partial charge in [0.25, 0.3) is 6.71 Å². The summed E-state index contributed by atoms with van der Waals surface area (Å²) in [5, 5.41) is 0. The fourth-order valence-corrected chi connectivity index (χ4v) is 11.6. The Kier molecular flexibility index (Phi) is 7.34. The van der Waals surface area contributed by atoms with E-state index in [0.717, 1.165) is 6.42 Å². The van der Waals surface area contributed by atoms with Crippen molar-refractivity contribution in [2.75, 3.05) is 14.7 Å². The van der Waals surface area contributed by atoms with E-state index in [-0.39, 0.29) is 33.9 Å². The van der Waals surface area contributed by atoms with Crippen molar-refractivity contribution in [3.8, 4) is 0 Å². The zero-order valence-corrected chi connectivity index (χ0v) is 34.6. The van der Waals surface area contributed by atoms with E-state index in [1.807, 2.05) is 0 Å². The summed E-state index contributed by atoms with van der Waals surface area (Å²) in [6, 6.07) is 52.8. The van der Waals surface area contributed by atoms with Crippen molar-refractivity contribution >= 4 is 68.6 Å². The summed E-state index contributed by atoms with van der Waals surface area (Å²) in [5.41, 5.74) is 16.6. The topological polar surface area (TPSA) is 9.72 Å². The molecule has 0 amide bonds. The van der Waals surface area contributed by atoms with Crippen LogP contribution in [0, 0.1) is 10.8 Å². The maximum Gasteiger partial charge on any atom is 0.252 e. The lowest BCUT2D eigenvalue weighted by atomic mass is 9.33. The Bertz CT molecular complexity index is 2420. The SMILES string of the molecule is CC(C)(C)c1ccc2c(c1)C1(C)C(C)(C)CCC(C)(C)C1(C)N2c1cc2c3c(c1)N(c1ccccc1)c1ccccc1B3c1ccccc1N2c1ccccc1. The molecule has 3 aliphatic heterocycles. The highest BCUT2D eigenvalue weighted by molar-refractivity contribution is 7.00. The molecule has 1 fully saturated rings. The van der Waals surface area contributed by atoms with E-state index >= 15 is 0 Å². The van der Waals surface area contributed by atoms with Crippen LogP contribution in [-0.4, -0.2) is 12.3 Å². The number of benzene rings is 6. The minimum atomic E-state index is -0.241. The van der Waals surface area contributed by atoms with Crippen LogP contribution in [0.3, 0.4) is 0 Å². The van der Waals surface area contributed by atoms with Crippen LogP contribution < -0.4 is 31.1 Å². The van der Waals surface area contributed by atoms with E-state index in [0.29, 0.717) is 0 Å². The van der Waals surface area contributed by atoms with E-state index in [1.165, 1.54) is 79.4 Å². The largest absolute Gasteiger partial charge is 0.334 e. The van der Waals surface area contributed by atoms with Crippen molar-refractivity contribution in [1.82, 2.24) is 0 Å². The minimum absolute atomic E-state index is 0.00525. The molecule has 280 valence electrons. The molecule has 0 aromatic heterocycles. The first-order chi connectivity index (χ1) is 26.7. The average molecular weight is 732 g/mol. The first kappa shape index (κ1) is 35.2. The summed E-state index contributed by atoms with van der Waals surface area (Å²) < 4.78 is 0. The third-order valence-corrected chi connectivity index (χ3v) is 15.3. The van der Waals surface area contributed by atoms with Crippen molar-refractivity contribution < 1.29 is 0 Å². The van der Waals surface area contributed by atoms with Crippen LogP contribution in [0.25, 0.3) is 0 Å². The molecule has 0 N–H and O–H groups in total. The summed E-state index contributed by atoms with van der Waals surface area (Å²) in [6.07, 6.45) is 2.35. The van der Waals surface area contributed by atoms with Gasteiger partial charge in [-0.25, -0.2) is 0 Å². The third kappa shape index (κ3) is 4.47. The highest BCUT2D eigenvalue weighted by Crippen LogP contribution is 2.71. The number of rotatable bonds is 3. The van der Waals surface area contributed by atoms with E-state index < -0.39 is 0 Å². The number of anilines is 8. The molecule has 2 unspecified atom stereocenters. The van der Waals surface area contributed by atoms with Gasteiger partial charge in [0.1, 0.15) is 0 Å². The van der Waals surface area contributed by atoms with Gasteiger partial charge in [-0.3, -0.25) is 0 Å². The lowest BCUT2D eigenvalue weighted by Crippen LogP contribution is -2.69. The number of hydrogen-bond donors (Lipinski definition) is 0. The minimum Gasteiger partial charge on any atom is -0.334 e. The number of nitrogens with zero attached hydrogens (tertiary/aromatic N) is 3. The molecular formula is C52H54BN3. The molecule has 10 rings (SSSR count). The Hall–Kier alpha value is -5.22. The van der Waals surface area contributed by atoms with Gasteiger partial charge >= 0.3 is 0 Å². The van der Waals surface area contributed by atoms with Crippen LogP contribution in [0.15, 0.2) is 140 Å². The second-order valence-corrected chi connectivity index (χ2v) is 19.6. The molecule has 4 heteroatoms. The normalized spacial score (nSPS) is 22.5. The molecule has 1 aliphatic carbocycles. The van der Waals surface area contributed by atoms with Crippen molar-refractivity contribution in [3.05, 3.63) is 151 Å². The molecule has 56 heavy (non-hydrogen) atoms. The predicted octanol–water partition coefficient (Wildman–Crippen LogP) is 12.1. The van der Waals surface area contributed by atoms with Gasteiger partial charge in [0, 0.05) is 50.9 Å². The van der Waals surface area contributed by atoms with Gasteiger partial charge in [-0.2, -0.15) is 0 Å². The monoisotopic (exact) mass is 731 g/mol. The van der Waals surface area contributed by atoms with Crippen molar-refractivity contribution in [2.45, 2.75) is 91.5 Å². The maximum atomic E-state index is 2.81. The Morgan fingerprint density at radius 2 is 0.964 bits per heavy atom. The van der Waals surface area contributed by atoms with E-state index in [2.05, 4.69) is 217 Å². The van der Waals surface area contributed by atoms with Gasteiger partial charge in [0.15, 0.2) is 0 Å². The van der Waals surface area contributed by atoms with E-state index in [9.17, 15) is 0 Å². The Labute approximate surface area is 335 Å². The predicted molar refractivity (Wildman–Crippen MR) is 240 cm³/mol. The maximum absolute atomic E-state index is 2.81. The number of fused-ring (bicyclic) bond motifs is 7. The van der Waals surface area contributed by atoms with Crippen LogP contribution >= 0.6 is 0 Å². The second kappa shape index (κ2) is 11.7. The second-order valence-electron chi connectivity index (χ2n) is 19.6. The highest BCUT2D eigenvalue weighted by atomic mass is 15.3. The van der Waals surface area contributed by atoms with E-state index in [4.69, 9.17) is 0 Å². The van der Waals surface area contributed by atoms with Crippen LogP contribution in [0.1, 0.15) is 86.3 Å². The summed E-state index contributed by atoms with van der Waals surface area (Å²) in [6.45, 7) is 22.5. The summed E-state index contributed by atoms with van der Waals surface area (Å²) in [5.74, 6) is 0. The van der Waals surface area contributed by atoms with Crippen LogP contribution in [-0.2, 0) is 10.8 Å². The third-order valence-electron chi connectivity index (χ3n) is 15.3. The Balaban J connectivity index is 1.34. The van der Waals surface area contributed by atoms with Gasteiger partial charge in [-0.1, -0.05) is 140 Å². The van der Waals surface area contributed by atoms with Gasteiger partial charge < -0.3 is 14.7 Å². The smallest absolute Gasteiger partial charge is 0.252 e. The van der Waals surface area contributed by atoms with Gasteiger partial charge in [0.2, 0.25) is 0 Å². The lowest BCUT2D eigenvalue weighted by Gasteiger charge is -2.65. The zero-order chi connectivity index (χ0) is 39.0. The number of para-hydroxylation sites is 4. The standard InChI is InChI=1S/C52H54BN3/c1-48(2,3)35-28-29-42-39(32-35)51(8)49(4,5)30-31-50(6,7)52(51,9)56(42)38-33-45-47-46(34-38)55(37-22-14-11-15-23-37)44-27-19-17-25-41(44)53(47)40-24-16-18-26-43(40)54(45)36-20-12-10-13-21-36/h10-29,32-34H,30-31H2,1-9H3. The zero-order valence-electron chi connectivity index (χ0n) is 34.6. The molecule has 6 aromatic rings. The molecule has 0 radical (unpaired) electrons. The molecule has 6 aromatic carbocycles. The first-order valence-corrected chi connectivity index (χ1v) is 20.7. The van der Waals surface area contributed by atoms with Gasteiger partial charge in [-0.15, -0.1) is 0 Å². The molecule has 3 heterocycles. The van der Waals surface area contributed by atoms with Crippen LogP contribution in [0.2, 0.25) is 0 Å². The fraction of sp³-hybridized carbons (Fsp3) is 0.308. The summed E-state index contributed by atoms with van der Waals surface area (Å²) >= 11 is 0. The molecule has 0 spiro atoms. The molecule has 4 aliphatic rings. The quantitative estimate of drug-likeness (QED) is 0.168. The first-order valence-electron chi connectivity index (χ1n) is 20.7. The van der Waals surface area contributed by atoms with Crippen molar-refractivity contribution in [2.24, 2.45) is 10.8 Å². The molecular weight excluding hydrogens is 677 g/mol. The summed E-state index contributed by atoms with van der Waals surface area (Å²) in [4.78, 5) is 7.90.